The Morgan fingerprint density at radius 1 is 1.18 bits per heavy atom. The Bertz CT molecular complexity index is 128. The smallest absolute Gasteiger partial charge is 0.115 e. The Balaban J connectivity index is 3.53. The summed E-state index contributed by atoms with van der Waals surface area (Å²) in [6.45, 7) is 1.52. The van der Waals surface area contributed by atoms with E-state index >= 15 is 0 Å². The van der Waals surface area contributed by atoms with Gasteiger partial charge in [-0.2, -0.15) is 0 Å². The summed E-state index contributed by atoms with van der Waals surface area (Å²) in [5, 5.41) is 0. The van der Waals surface area contributed by atoms with Crippen molar-refractivity contribution in [1.82, 2.24) is 0 Å². The molecule has 0 heterocycles. The highest BCUT2D eigenvalue weighted by Gasteiger charge is 2.00. The van der Waals surface area contributed by atoms with Crippen molar-refractivity contribution in [3.8, 4) is 0 Å². The molecule has 3 nitrogen and oxygen atoms in total. The Kier molecular flexibility index (Phi) is 6.38. The quantitative estimate of drug-likeness (QED) is 0.604. The maximum absolute atomic E-state index is 11.1. The Labute approximate surface area is 73.0 Å². The fourth-order valence-corrected chi connectivity index (χ4v) is 1.78. The lowest BCUT2D eigenvalue weighted by atomic mass is 10.5. The van der Waals surface area contributed by atoms with Crippen LogP contribution in [0, 0.1) is 0 Å². The van der Waals surface area contributed by atoms with Gasteiger partial charge in [-0.15, -0.1) is 0 Å². The van der Waals surface area contributed by atoms with Gasteiger partial charge in [0.15, 0.2) is 0 Å². The van der Waals surface area contributed by atoms with E-state index in [1.54, 1.807) is 0 Å². The SMILES string of the molecule is CCCOP([O-])(=S)OCCC. The van der Waals surface area contributed by atoms with E-state index in [1.165, 1.54) is 0 Å². The topological polar surface area (TPSA) is 41.5 Å². The van der Waals surface area contributed by atoms with Crippen molar-refractivity contribution in [3.05, 3.63) is 0 Å². The zero-order valence-corrected chi connectivity index (χ0v) is 8.62. The van der Waals surface area contributed by atoms with Gasteiger partial charge in [0, 0.05) is 0 Å². The second-order valence-electron chi connectivity index (χ2n) is 2.11. The van der Waals surface area contributed by atoms with Crippen LogP contribution in [0.25, 0.3) is 0 Å². The van der Waals surface area contributed by atoms with Crippen molar-refractivity contribution in [1.29, 1.82) is 0 Å². The van der Waals surface area contributed by atoms with Crippen LogP contribution in [0.2, 0.25) is 0 Å². The third-order valence-corrected chi connectivity index (χ3v) is 2.54. The first-order valence-corrected chi connectivity index (χ1v) is 6.28. The molecule has 5 heteroatoms. The van der Waals surface area contributed by atoms with E-state index in [9.17, 15) is 4.89 Å². The second kappa shape index (κ2) is 6.09. The predicted octanol–water partition coefficient (Wildman–Crippen LogP) is 1.42. The third-order valence-electron chi connectivity index (χ3n) is 0.907. The largest absolute Gasteiger partial charge is 0.780 e. The van der Waals surface area contributed by atoms with Crippen LogP contribution < -0.4 is 4.89 Å². The molecular weight excluding hydrogens is 183 g/mol. The average molecular weight is 197 g/mol. The zero-order chi connectivity index (χ0) is 8.74. The molecule has 11 heavy (non-hydrogen) atoms. The van der Waals surface area contributed by atoms with Gasteiger partial charge in [0.2, 0.25) is 0 Å². The molecule has 0 rings (SSSR count). The van der Waals surface area contributed by atoms with E-state index in [1.807, 2.05) is 13.8 Å². The fraction of sp³-hybridized carbons (Fsp3) is 1.00. The summed E-state index contributed by atoms with van der Waals surface area (Å²) < 4.78 is 9.66. The van der Waals surface area contributed by atoms with Crippen LogP contribution in [0.1, 0.15) is 26.7 Å². The van der Waals surface area contributed by atoms with Crippen LogP contribution in [0.15, 0.2) is 0 Å². The van der Waals surface area contributed by atoms with E-state index in [0.29, 0.717) is 13.2 Å². The maximum Gasteiger partial charge on any atom is 0.115 e. The van der Waals surface area contributed by atoms with Crippen molar-refractivity contribution in [2.45, 2.75) is 26.7 Å². The maximum atomic E-state index is 11.1. The molecule has 0 amide bonds. The van der Waals surface area contributed by atoms with E-state index in [0.717, 1.165) is 12.8 Å². The molecule has 0 saturated heterocycles. The summed E-state index contributed by atoms with van der Waals surface area (Å²) in [6.07, 6.45) is 1.60. The first-order chi connectivity index (χ1) is 5.12. The van der Waals surface area contributed by atoms with E-state index < -0.39 is 6.72 Å². The highest BCUT2D eigenvalue weighted by atomic mass is 32.5. The van der Waals surface area contributed by atoms with E-state index in [2.05, 4.69) is 11.8 Å². The molecule has 0 atom stereocenters. The van der Waals surface area contributed by atoms with Crippen LogP contribution in [-0.4, -0.2) is 13.2 Å². The first kappa shape index (κ1) is 11.5. The van der Waals surface area contributed by atoms with E-state index in [4.69, 9.17) is 9.05 Å². The van der Waals surface area contributed by atoms with Crippen LogP contribution in [0.4, 0.5) is 0 Å². The van der Waals surface area contributed by atoms with Crippen molar-refractivity contribution in [2.75, 3.05) is 13.2 Å². The molecule has 0 aromatic heterocycles. The zero-order valence-electron chi connectivity index (χ0n) is 6.91. The highest BCUT2D eigenvalue weighted by molar-refractivity contribution is 8.06. The lowest BCUT2D eigenvalue weighted by Gasteiger charge is -2.26. The van der Waals surface area contributed by atoms with Gasteiger partial charge >= 0.3 is 0 Å². The van der Waals surface area contributed by atoms with Crippen LogP contribution in [0.5, 0.6) is 0 Å². The van der Waals surface area contributed by atoms with Crippen molar-refractivity contribution >= 4 is 18.5 Å². The number of rotatable bonds is 6. The summed E-state index contributed by atoms with van der Waals surface area (Å²) in [4.78, 5) is 11.1. The highest BCUT2D eigenvalue weighted by Crippen LogP contribution is 2.38. The van der Waals surface area contributed by atoms with Crippen molar-refractivity contribution in [2.24, 2.45) is 0 Å². The minimum atomic E-state index is -3.14. The summed E-state index contributed by atoms with van der Waals surface area (Å²) in [7, 11) is 0. The second-order valence-corrected chi connectivity index (χ2v) is 4.87. The van der Waals surface area contributed by atoms with Gasteiger partial charge in [-0.1, -0.05) is 25.7 Å². The molecule has 0 radical (unpaired) electrons. The van der Waals surface area contributed by atoms with Gasteiger partial charge in [-0.3, -0.25) is 0 Å². The molecule has 0 aromatic carbocycles. The summed E-state index contributed by atoms with van der Waals surface area (Å²) in [6, 6.07) is 0. The normalized spacial score (nSPS) is 11.9. The van der Waals surface area contributed by atoms with Crippen LogP contribution >= 0.6 is 6.72 Å². The molecule has 0 aliphatic rings. The van der Waals surface area contributed by atoms with Crippen LogP contribution in [-0.2, 0) is 20.9 Å². The standard InChI is InChI=1S/C6H15O3PS/c1-3-5-8-10(7,11)9-6-4-2/h3-6H2,1-2H3,(H,7,11)/p-1. The average Bonchev–Trinajstić information content (AvgIpc) is 1.97. The van der Waals surface area contributed by atoms with Crippen LogP contribution in [0.3, 0.4) is 0 Å². The predicted molar refractivity (Wildman–Crippen MR) is 46.8 cm³/mol. The van der Waals surface area contributed by atoms with Gasteiger partial charge in [0.25, 0.3) is 0 Å². The minimum absolute atomic E-state index is 0.407. The Morgan fingerprint density at radius 3 is 1.82 bits per heavy atom. The molecular formula is C6H14O3PS-. The molecule has 0 N–H and O–H groups in total. The van der Waals surface area contributed by atoms with Gasteiger partial charge in [0.1, 0.15) is 6.72 Å². The minimum Gasteiger partial charge on any atom is -0.780 e. The molecule has 0 aliphatic carbocycles. The third kappa shape index (κ3) is 6.91. The fourth-order valence-electron chi connectivity index (χ4n) is 0.443. The Hall–Kier alpha value is 0.530. The monoisotopic (exact) mass is 197 g/mol. The summed E-state index contributed by atoms with van der Waals surface area (Å²) in [5.41, 5.74) is 0. The molecule has 68 valence electrons. The Morgan fingerprint density at radius 2 is 1.55 bits per heavy atom. The molecule has 0 spiro atoms. The number of hydrogen-bond acceptors (Lipinski definition) is 4. The molecule has 0 fully saturated rings. The van der Waals surface area contributed by atoms with Gasteiger partial charge in [0.05, 0.1) is 13.2 Å². The van der Waals surface area contributed by atoms with Gasteiger partial charge in [-0.05, 0) is 12.8 Å². The molecule has 0 bridgehead atoms. The van der Waals surface area contributed by atoms with Gasteiger partial charge in [-0.25, -0.2) is 0 Å². The first-order valence-electron chi connectivity index (χ1n) is 3.72. The summed E-state index contributed by atoms with van der Waals surface area (Å²) >= 11 is 4.59. The molecule has 0 aromatic rings. The lowest BCUT2D eigenvalue weighted by Crippen LogP contribution is -2.08. The van der Waals surface area contributed by atoms with Gasteiger partial charge < -0.3 is 13.9 Å². The van der Waals surface area contributed by atoms with Crippen molar-refractivity contribution in [3.63, 3.8) is 0 Å². The van der Waals surface area contributed by atoms with E-state index in [-0.39, 0.29) is 0 Å². The summed E-state index contributed by atoms with van der Waals surface area (Å²) in [5.74, 6) is 0. The molecule has 0 saturated carbocycles. The lowest BCUT2D eigenvalue weighted by molar-refractivity contribution is -0.206. The van der Waals surface area contributed by atoms with Crippen molar-refractivity contribution < 1.29 is 13.9 Å². The molecule has 0 aliphatic heterocycles. The molecule has 0 unspecified atom stereocenters. The number of hydrogen-bond donors (Lipinski definition) is 0.